The molecule has 0 unspecified atom stereocenters. The first-order valence-electron chi connectivity index (χ1n) is 7.04. The molecule has 0 spiro atoms. The molecule has 1 heteroatoms. The highest BCUT2D eigenvalue weighted by molar-refractivity contribution is 5.70. The zero-order chi connectivity index (χ0) is 13.5. The molecule has 0 atom stereocenters. The summed E-state index contributed by atoms with van der Waals surface area (Å²) in [4.78, 5) is 0. The third-order valence-corrected chi connectivity index (χ3v) is 3.16. The summed E-state index contributed by atoms with van der Waals surface area (Å²) in [6.45, 7) is 5.29. The fraction of sp³-hybridized carbons (Fsp3) is 0.333. The number of hydrogen-bond donors (Lipinski definition) is 0. The Kier molecular flexibility index (Phi) is 5.02. The van der Waals surface area contributed by atoms with Crippen molar-refractivity contribution in [2.45, 2.75) is 26.7 Å². The zero-order valence-electron chi connectivity index (χ0n) is 11.8. The molecule has 0 N–H and O–H groups in total. The second-order valence-corrected chi connectivity index (χ2v) is 5.25. The number of ether oxygens (including phenoxy) is 1. The highest BCUT2D eigenvalue weighted by Gasteiger charge is 2.05. The average Bonchev–Trinajstić information content (AvgIpc) is 2.45. The van der Waals surface area contributed by atoms with Gasteiger partial charge in [-0.2, -0.15) is 0 Å². The van der Waals surface area contributed by atoms with E-state index in [2.05, 4.69) is 56.3 Å². The van der Waals surface area contributed by atoms with Crippen LogP contribution in [0.4, 0.5) is 0 Å². The molecule has 0 radical (unpaired) electrons. The van der Waals surface area contributed by atoms with Gasteiger partial charge in [0.05, 0.1) is 6.61 Å². The van der Waals surface area contributed by atoms with Gasteiger partial charge in [0.25, 0.3) is 0 Å². The largest absolute Gasteiger partial charge is 0.493 e. The fourth-order valence-electron chi connectivity index (χ4n) is 2.12. The van der Waals surface area contributed by atoms with Crippen LogP contribution in [0, 0.1) is 5.92 Å². The van der Waals surface area contributed by atoms with Crippen molar-refractivity contribution in [2.75, 3.05) is 6.61 Å². The van der Waals surface area contributed by atoms with E-state index in [1.807, 2.05) is 12.1 Å². The van der Waals surface area contributed by atoms with Gasteiger partial charge in [0, 0.05) is 5.56 Å². The lowest BCUT2D eigenvalue weighted by Crippen LogP contribution is -2.00. The van der Waals surface area contributed by atoms with E-state index in [-0.39, 0.29) is 0 Å². The van der Waals surface area contributed by atoms with Crippen LogP contribution in [0.1, 0.15) is 26.7 Å². The molecule has 0 saturated carbocycles. The molecule has 0 bridgehead atoms. The average molecular weight is 254 g/mol. The molecule has 0 aliphatic heterocycles. The SMILES string of the molecule is CC(C)CCCOc1ccccc1-c1ccccc1. The quantitative estimate of drug-likeness (QED) is 0.646. The molecular weight excluding hydrogens is 232 g/mol. The Morgan fingerprint density at radius 2 is 1.58 bits per heavy atom. The van der Waals surface area contributed by atoms with Gasteiger partial charge in [-0.15, -0.1) is 0 Å². The molecular formula is C18H22O. The van der Waals surface area contributed by atoms with E-state index < -0.39 is 0 Å². The predicted octanol–water partition coefficient (Wildman–Crippen LogP) is 5.17. The summed E-state index contributed by atoms with van der Waals surface area (Å²) >= 11 is 0. The van der Waals surface area contributed by atoms with E-state index in [9.17, 15) is 0 Å². The van der Waals surface area contributed by atoms with E-state index in [1.165, 1.54) is 17.5 Å². The van der Waals surface area contributed by atoms with Crippen LogP contribution >= 0.6 is 0 Å². The molecule has 2 aromatic rings. The van der Waals surface area contributed by atoms with Crippen molar-refractivity contribution in [1.29, 1.82) is 0 Å². The van der Waals surface area contributed by atoms with Crippen LogP contribution in [0.5, 0.6) is 5.75 Å². The van der Waals surface area contributed by atoms with Crippen molar-refractivity contribution in [3.05, 3.63) is 54.6 Å². The lowest BCUT2D eigenvalue weighted by molar-refractivity contribution is 0.299. The number of benzene rings is 2. The highest BCUT2D eigenvalue weighted by atomic mass is 16.5. The van der Waals surface area contributed by atoms with Gasteiger partial charge in [0.15, 0.2) is 0 Å². The molecule has 2 aromatic carbocycles. The Hall–Kier alpha value is -1.76. The maximum atomic E-state index is 5.94. The maximum Gasteiger partial charge on any atom is 0.127 e. The molecule has 0 amide bonds. The number of para-hydroxylation sites is 1. The molecule has 0 aliphatic rings. The number of hydrogen-bond acceptors (Lipinski definition) is 1. The summed E-state index contributed by atoms with van der Waals surface area (Å²) in [5, 5.41) is 0. The molecule has 0 heterocycles. The molecule has 1 nitrogen and oxygen atoms in total. The molecule has 0 saturated heterocycles. The van der Waals surface area contributed by atoms with Crippen molar-refractivity contribution in [2.24, 2.45) is 5.92 Å². The van der Waals surface area contributed by atoms with Gasteiger partial charge in [-0.25, -0.2) is 0 Å². The summed E-state index contributed by atoms with van der Waals surface area (Å²) in [6, 6.07) is 18.7. The first-order valence-corrected chi connectivity index (χ1v) is 7.04. The lowest BCUT2D eigenvalue weighted by atomic mass is 10.0. The van der Waals surface area contributed by atoms with Gasteiger partial charge in [-0.3, -0.25) is 0 Å². The van der Waals surface area contributed by atoms with Gasteiger partial charge in [0.2, 0.25) is 0 Å². The monoisotopic (exact) mass is 254 g/mol. The molecule has 2 rings (SSSR count). The summed E-state index contributed by atoms with van der Waals surface area (Å²) in [5.41, 5.74) is 2.38. The van der Waals surface area contributed by atoms with Gasteiger partial charge >= 0.3 is 0 Å². The Morgan fingerprint density at radius 1 is 0.895 bits per heavy atom. The maximum absolute atomic E-state index is 5.94. The number of rotatable bonds is 6. The van der Waals surface area contributed by atoms with Crippen LogP contribution < -0.4 is 4.74 Å². The van der Waals surface area contributed by atoms with Gasteiger partial charge in [0.1, 0.15) is 5.75 Å². The molecule has 0 aromatic heterocycles. The second-order valence-electron chi connectivity index (χ2n) is 5.25. The van der Waals surface area contributed by atoms with Crippen molar-refractivity contribution in [3.63, 3.8) is 0 Å². The third kappa shape index (κ3) is 4.13. The Labute approximate surface area is 116 Å². The van der Waals surface area contributed by atoms with Crippen molar-refractivity contribution >= 4 is 0 Å². The van der Waals surface area contributed by atoms with E-state index in [1.54, 1.807) is 0 Å². The van der Waals surface area contributed by atoms with Crippen LogP contribution in [0.3, 0.4) is 0 Å². The zero-order valence-corrected chi connectivity index (χ0v) is 11.8. The Morgan fingerprint density at radius 3 is 2.32 bits per heavy atom. The molecule has 19 heavy (non-hydrogen) atoms. The first kappa shape index (κ1) is 13.7. The lowest BCUT2D eigenvalue weighted by Gasteiger charge is -2.12. The van der Waals surface area contributed by atoms with Gasteiger partial charge in [-0.05, 0) is 30.4 Å². The van der Waals surface area contributed by atoms with E-state index in [4.69, 9.17) is 4.74 Å². The van der Waals surface area contributed by atoms with Gasteiger partial charge < -0.3 is 4.74 Å². The Balaban J connectivity index is 2.05. The molecule has 0 aliphatic carbocycles. The Bertz CT molecular complexity index is 488. The predicted molar refractivity (Wildman–Crippen MR) is 81.4 cm³/mol. The van der Waals surface area contributed by atoms with Crippen LogP contribution in [0.2, 0.25) is 0 Å². The van der Waals surface area contributed by atoms with Crippen LogP contribution in [-0.2, 0) is 0 Å². The first-order chi connectivity index (χ1) is 9.27. The highest BCUT2D eigenvalue weighted by Crippen LogP contribution is 2.29. The minimum atomic E-state index is 0.743. The van der Waals surface area contributed by atoms with Crippen LogP contribution in [0.15, 0.2) is 54.6 Å². The second kappa shape index (κ2) is 6.98. The van der Waals surface area contributed by atoms with Crippen molar-refractivity contribution < 1.29 is 4.74 Å². The van der Waals surface area contributed by atoms with Gasteiger partial charge in [-0.1, -0.05) is 62.4 Å². The topological polar surface area (TPSA) is 9.23 Å². The van der Waals surface area contributed by atoms with E-state index >= 15 is 0 Å². The summed E-state index contributed by atoms with van der Waals surface area (Å²) < 4.78 is 5.94. The smallest absolute Gasteiger partial charge is 0.127 e. The van der Waals surface area contributed by atoms with E-state index in [0.29, 0.717) is 0 Å². The summed E-state index contributed by atoms with van der Waals surface area (Å²) in [6.07, 6.45) is 2.33. The fourth-order valence-corrected chi connectivity index (χ4v) is 2.12. The summed E-state index contributed by atoms with van der Waals surface area (Å²) in [7, 11) is 0. The molecule has 100 valence electrons. The standard InChI is InChI=1S/C18H22O/c1-15(2)9-8-14-19-18-13-7-6-12-17(18)16-10-4-3-5-11-16/h3-7,10-13,15H,8-9,14H2,1-2H3. The minimum Gasteiger partial charge on any atom is -0.493 e. The third-order valence-electron chi connectivity index (χ3n) is 3.16. The summed E-state index contributed by atoms with van der Waals surface area (Å²) in [5.74, 6) is 1.73. The van der Waals surface area contributed by atoms with Crippen molar-refractivity contribution in [3.8, 4) is 16.9 Å². The van der Waals surface area contributed by atoms with Crippen LogP contribution in [-0.4, -0.2) is 6.61 Å². The normalized spacial score (nSPS) is 10.7. The van der Waals surface area contributed by atoms with Crippen molar-refractivity contribution in [1.82, 2.24) is 0 Å². The minimum absolute atomic E-state index is 0.743. The van der Waals surface area contributed by atoms with Crippen LogP contribution in [0.25, 0.3) is 11.1 Å². The molecule has 0 fully saturated rings. The van der Waals surface area contributed by atoms with E-state index in [0.717, 1.165) is 24.7 Å².